The standard InChI is InChI=1S/C20H19ClN2O3S/c1-3-25-16-9-13(10-17-19(24)23-20(22)27-17)8-15(21)18(16)26-11-14-7-5-4-6-12(14)2/h4-10H,3,11H2,1-2H3,(H2,22,23,24)/b17-10-. The molecule has 0 aromatic heterocycles. The number of nitrogens with zero attached hydrogens (tertiary/aromatic N) is 1. The largest absolute Gasteiger partial charge is 0.490 e. The number of aryl methyl sites for hydroxylation is 1. The fraction of sp³-hybridized carbons (Fsp3) is 0.200. The van der Waals surface area contributed by atoms with Gasteiger partial charge in [0.25, 0.3) is 5.91 Å². The lowest BCUT2D eigenvalue weighted by Crippen LogP contribution is -2.02. The van der Waals surface area contributed by atoms with E-state index in [9.17, 15) is 4.79 Å². The molecule has 1 amide bonds. The van der Waals surface area contributed by atoms with Crippen LogP contribution in [0.25, 0.3) is 6.08 Å². The van der Waals surface area contributed by atoms with Gasteiger partial charge in [-0.2, -0.15) is 4.99 Å². The number of amides is 1. The van der Waals surface area contributed by atoms with Crippen molar-refractivity contribution in [3.05, 3.63) is 63.0 Å². The Morgan fingerprint density at radius 3 is 2.70 bits per heavy atom. The maximum atomic E-state index is 11.8. The topological polar surface area (TPSA) is 73.9 Å². The van der Waals surface area contributed by atoms with Crippen LogP contribution in [0.2, 0.25) is 5.02 Å². The highest BCUT2D eigenvalue weighted by Gasteiger charge is 2.20. The van der Waals surface area contributed by atoms with E-state index in [0.717, 1.165) is 22.9 Å². The Kier molecular flexibility index (Phi) is 6.08. The minimum absolute atomic E-state index is 0.237. The lowest BCUT2D eigenvalue weighted by Gasteiger charge is -2.15. The first kappa shape index (κ1) is 19.3. The van der Waals surface area contributed by atoms with Crippen molar-refractivity contribution < 1.29 is 14.3 Å². The average molecular weight is 403 g/mol. The van der Waals surface area contributed by atoms with Gasteiger partial charge in [-0.15, -0.1) is 0 Å². The number of amidine groups is 1. The van der Waals surface area contributed by atoms with Gasteiger partial charge < -0.3 is 15.2 Å². The molecule has 2 aromatic rings. The molecule has 0 aliphatic carbocycles. The maximum absolute atomic E-state index is 11.8. The fourth-order valence-electron chi connectivity index (χ4n) is 2.57. The van der Waals surface area contributed by atoms with Crippen LogP contribution < -0.4 is 15.2 Å². The van der Waals surface area contributed by atoms with Crippen LogP contribution in [0, 0.1) is 6.92 Å². The molecule has 1 aliphatic rings. The molecule has 0 fully saturated rings. The van der Waals surface area contributed by atoms with E-state index >= 15 is 0 Å². The van der Waals surface area contributed by atoms with Gasteiger partial charge in [0.2, 0.25) is 0 Å². The Hall–Kier alpha value is -2.44. The van der Waals surface area contributed by atoms with Crippen molar-refractivity contribution in [3.63, 3.8) is 0 Å². The van der Waals surface area contributed by atoms with E-state index in [4.69, 9.17) is 26.8 Å². The van der Waals surface area contributed by atoms with Crippen LogP contribution >= 0.6 is 23.4 Å². The number of hydrogen-bond acceptors (Lipinski definition) is 5. The van der Waals surface area contributed by atoms with E-state index in [1.54, 1.807) is 18.2 Å². The van der Waals surface area contributed by atoms with E-state index in [-0.39, 0.29) is 11.1 Å². The number of benzene rings is 2. The molecule has 1 heterocycles. The van der Waals surface area contributed by atoms with Crippen LogP contribution in [0.3, 0.4) is 0 Å². The third-order valence-corrected chi connectivity index (χ3v) is 4.99. The number of ether oxygens (including phenoxy) is 2. The van der Waals surface area contributed by atoms with E-state index in [2.05, 4.69) is 4.99 Å². The van der Waals surface area contributed by atoms with Crippen molar-refractivity contribution in [2.75, 3.05) is 6.61 Å². The van der Waals surface area contributed by atoms with Crippen LogP contribution in [-0.4, -0.2) is 17.7 Å². The summed E-state index contributed by atoms with van der Waals surface area (Å²) < 4.78 is 11.7. The zero-order chi connectivity index (χ0) is 19.4. The highest BCUT2D eigenvalue weighted by Crippen LogP contribution is 2.39. The smallest absolute Gasteiger partial charge is 0.286 e. The van der Waals surface area contributed by atoms with E-state index < -0.39 is 0 Å². The summed E-state index contributed by atoms with van der Waals surface area (Å²) in [6.07, 6.45) is 1.69. The highest BCUT2D eigenvalue weighted by atomic mass is 35.5. The quantitative estimate of drug-likeness (QED) is 0.717. The Balaban J connectivity index is 1.87. The summed E-state index contributed by atoms with van der Waals surface area (Å²) in [6, 6.07) is 11.5. The highest BCUT2D eigenvalue weighted by molar-refractivity contribution is 8.18. The Morgan fingerprint density at radius 1 is 1.26 bits per heavy atom. The number of hydrogen-bond donors (Lipinski definition) is 1. The Morgan fingerprint density at radius 2 is 2.04 bits per heavy atom. The summed E-state index contributed by atoms with van der Waals surface area (Å²) >= 11 is 7.58. The summed E-state index contributed by atoms with van der Waals surface area (Å²) in [4.78, 5) is 15.9. The van der Waals surface area contributed by atoms with Crippen molar-refractivity contribution in [1.82, 2.24) is 0 Å². The van der Waals surface area contributed by atoms with Crippen molar-refractivity contribution in [2.45, 2.75) is 20.5 Å². The molecule has 5 nitrogen and oxygen atoms in total. The lowest BCUT2D eigenvalue weighted by molar-refractivity contribution is -0.113. The predicted octanol–water partition coefficient (Wildman–Crippen LogP) is 4.56. The van der Waals surface area contributed by atoms with Crippen molar-refractivity contribution in [3.8, 4) is 11.5 Å². The number of nitrogens with two attached hydrogens (primary N) is 1. The minimum atomic E-state index is -0.355. The van der Waals surface area contributed by atoms with Crippen molar-refractivity contribution >= 4 is 40.5 Å². The van der Waals surface area contributed by atoms with Gasteiger partial charge in [0.15, 0.2) is 16.7 Å². The van der Waals surface area contributed by atoms with Crippen LogP contribution in [-0.2, 0) is 11.4 Å². The van der Waals surface area contributed by atoms with Crippen molar-refractivity contribution in [2.24, 2.45) is 10.7 Å². The molecule has 2 N–H and O–H groups in total. The number of carbonyl (C=O) groups excluding carboxylic acids is 1. The minimum Gasteiger partial charge on any atom is -0.490 e. The van der Waals surface area contributed by atoms with Crippen molar-refractivity contribution in [1.29, 1.82) is 0 Å². The number of carbonyl (C=O) groups is 1. The summed E-state index contributed by atoms with van der Waals surface area (Å²) in [5.41, 5.74) is 8.52. The molecule has 0 atom stereocenters. The third-order valence-electron chi connectivity index (χ3n) is 3.90. The molecule has 0 radical (unpaired) electrons. The van der Waals surface area contributed by atoms with Gasteiger partial charge in [0.1, 0.15) is 6.61 Å². The van der Waals surface area contributed by atoms with Gasteiger partial charge in [0, 0.05) is 0 Å². The molecule has 3 rings (SSSR count). The number of thioether (sulfide) groups is 1. The maximum Gasteiger partial charge on any atom is 0.286 e. The summed E-state index contributed by atoms with van der Waals surface area (Å²) in [6.45, 7) is 4.75. The SMILES string of the molecule is CCOc1cc(/C=C2\SC(N)=NC2=O)cc(Cl)c1OCc1ccccc1C. The van der Waals surface area contributed by atoms with Crippen LogP contribution in [0.4, 0.5) is 0 Å². The second-order valence-electron chi connectivity index (χ2n) is 5.84. The summed E-state index contributed by atoms with van der Waals surface area (Å²) in [7, 11) is 0. The van der Waals surface area contributed by atoms with E-state index in [0.29, 0.717) is 40.2 Å². The van der Waals surface area contributed by atoms with Crippen LogP contribution in [0.15, 0.2) is 46.3 Å². The van der Waals surface area contributed by atoms with Crippen LogP contribution in [0.5, 0.6) is 11.5 Å². The zero-order valence-electron chi connectivity index (χ0n) is 15.0. The van der Waals surface area contributed by atoms with Gasteiger partial charge in [-0.3, -0.25) is 4.79 Å². The van der Waals surface area contributed by atoms with Crippen LogP contribution in [0.1, 0.15) is 23.6 Å². The molecule has 0 saturated carbocycles. The first-order valence-corrected chi connectivity index (χ1v) is 9.59. The summed E-state index contributed by atoms with van der Waals surface area (Å²) in [5, 5.41) is 0.645. The molecule has 0 unspecified atom stereocenters. The molecule has 0 saturated heterocycles. The zero-order valence-corrected chi connectivity index (χ0v) is 16.6. The first-order valence-electron chi connectivity index (χ1n) is 8.39. The molecular weight excluding hydrogens is 384 g/mol. The van der Waals surface area contributed by atoms with E-state index in [1.165, 1.54) is 0 Å². The molecule has 0 spiro atoms. The monoisotopic (exact) mass is 402 g/mol. The number of rotatable bonds is 6. The van der Waals surface area contributed by atoms with Gasteiger partial charge in [-0.05, 0) is 60.5 Å². The normalized spacial score (nSPS) is 15.1. The fourth-order valence-corrected chi connectivity index (χ4v) is 3.53. The predicted molar refractivity (Wildman–Crippen MR) is 110 cm³/mol. The summed E-state index contributed by atoms with van der Waals surface area (Å²) in [5.74, 6) is 0.645. The van der Waals surface area contributed by atoms with Gasteiger partial charge >= 0.3 is 0 Å². The van der Waals surface area contributed by atoms with Gasteiger partial charge in [-0.1, -0.05) is 35.9 Å². The van der Waals surface area contributed by atoms with Gasteiger partial charge in [-0.25, -0.2) is 0 Å². The first-order chi connectivity index (χ1) is 13.0. The lowest BCUT2D eigenvalue weighted by atomic mass is 10.1. The second-order valence-corrected chi connectivity index (χ2v) is 7.31. The Bertz CT molecular complexity index is 941. The number of aliphatic imine (C=N–C) groups is 1. The van der Waals surface area contributed by atoms with E-state index in [1.807, 2.05) is 38.1 Å². The van der Waals surface area contributed by atoms with Gasteiger partial charge in [0.05, 0.1) is 16.5 Å². The molecule has 1 aliphatic heterocycles. The molecule has 2 aromatic carbocycles. The molecule has 140 valence electrons. The average Bonchev–Trinajstić information content (AvgIpc) is 2.93. The second kappa shape index (κ2) is 8.50. The molecular formula is C20H19ClN2O3S. The molecule has 0 bridgehead atoms. The number of halogens is 1. The molecule has 27 heavy (non-hydrogen) atoms. The molecule has 7 heteroatoms. The third kappa shape index (κ3) is 4.64. The Labute approximate surface area is 167 Å².